The van der Waals surface area contributed by atoms with Crippen LogP contribution >= 0.6 is 11.8 Å². The smallest absolute Gasteiger partial charge is 0.220 e. The fourth-order valence-corrected chi connectivity index (χ4v) is 3.63. The van der Waals surface area contributed by atoms with Crippen molar-refractivity contribution >= 4 is 17.7 Å². The summed E-state index contributed by atoms with van der Waals surface area (Å²) in [6, 6.07) is 0.589. The summed E-state index contributed by atoms with van der Waals surface area (Å²) in [4.78, 5) is 11.6. The molecule has 0 radical (unpaired) electrons. The molecule has 2 atom stereocenters. The van der Waals surface area contributed by atoms with E-state index in [1.165, 1.54) is 31.4 Å². The van der Waals surface area contributed by atoms with Crippen LogP contribution in [0.3, 0.4) is 0 Å². The standard InChI is InChI=1S/C12H22N2OS/c15-12(6-5-10-3-1-7-13-10)14-9-11-4-2-8-16-11/h10-11,13H,1-9H2,(H,14,15). The Morgan fingerprint density at radius 3 is 3.00 bits per heavy atom. The van der Waals surface area contributed by atoms with Crippen LogP contribution in [0.1, 0.15) is 38.5 Å². The van der Waals surface area contributed by atoms with E-state index in [4.69, 9.17) is 0 Å². The summed E-state index contributed by atoms with van der Waals surface area (Å²) in [6.45, 7) is 2.01. The topological polar surface area (TPSA) is 41.1 Å². The molecule has 92 valence electrons. The number of carbonyl (C=O) groups is 1. The summed E-state index contributed by atoms with van der Waals surface area (Å²) >= 11 is 2.00. The predicted octanol–water partition coefficient (Wildman–Crippen LogP) is 1.53. The monoisotopic (exact) mass is 242 g/mol. The molecule has 0 aromatic heterocycles. The van der Waals surface area contributed by atoms with Crippen LogP contribution in [0.25, 0.3) is 0 Å². The van der Waals surface area contributed by atoms with Crippen LogP contribution in [0, 0.1) is 0 Å². The summed E-state index contributed by atoms with van der Waals surface area (Å²) < 4.78 is 0. The normalized spacial score (nSPS) is 29.5. The van der Waals surface area contributed by atoms with Crippen LogP contribution in [0.2, 0.25) is 0 Å². The highest BCUT2D eigenvalue weighted by molar-refractivity contribution is 8.00. The Kier molecular flexibility index (Phi) is 4.97. The van der Waals surface area contributed by atoms with E-state index in [2.05, 4.69) is 10.6 Å². The van der Waals surface area contributed by atoms with Gasteiger partial charge in [0.05, 0.1) is 0 Å². The molecule has 0 bridgehead atoms. The van der Waals surface area contributed by atoms with Gasteiger partial charge in [-0.1, -0.05) is 0 Å². The van der Waals surface area contributed by atoms with Gasteiger partial charge in [-0.2, -0.15) is 11.8 Å². The SMILES string of the molecule is O=C(CCC1CCCN1)NCC1CCCS1. The van der Waals surface area contributed by atoms with Crippen molar-refractivity contribution in [1.82, 2.24) is 10.6 Å². The van der Waals surface area contributed by atoms with Gasteiger partial charge in [-0.3, -0.25) is 4.79 Å². The van der Waals surface area contributed by atoms with Gasteiger partial charge >= 0.3 is 0 Å². The zero-order valence-corrected chi connectivity index (χ0v) is 10.7. The Labute approximate surface area is 102 Å². The third-order valence-corrected chi connectivity index (χ3v) is 4.83. The zero-order valence-electron chi connectivity index (χ0n) is 9.84. The zero-order chi connectivity index (χ0) is 11.2. The molecular formula is C12H22N2OS. The van der Waals surface area contributed by atoms with Gasteiger partial charge in [-0.05, 0) is 44.4 Å². The predicted molar refractivity (Wildman–Crippen MR) is 68.7 cm³/mol. The fourth-order valence-electron chi connectivity index (χ4n) is 2.43. The van der Waals surface area contributed by atoms with Crippen molar-refractivity contribution in [3.05, 3.63) is 0 Å². The summed E-state index contributed by atoms with van der Waals surface area (Å²) in [5, 5.41) is 7.16. The average molecular weight is 242 g/mol. The molecule has 4 heteroatoms. The van der Waals surface area contributed by atoms with Gasteiger partial charge in [-0.15, -0.1) is 0 Å². The van der Waals surface area contributed by atoms with E-state index in [1.54, 1.807) is 0 Å². The van der Waals surface area contributed by atoms with Crippen molar-refractivity contribution in [3.63, 3.8) is 0 Å². The van der Waals surface area contributed by atoms with Crippen LogP contribution in [-0.2, 0) is 4.79 Å². The molecule has 0 spiro atoms. The van der Waals surface area contributed by atoms with Crippen molar-refractivity contribution < 1.29 is 4.79 Å². The quantitative estimate of drug-likeness (QED) is 0.768. The Hall–Kier alpha value is -0.220. The molecule has 2 rings (SSSR count). The van der Waals surface area contributed by atoms with Gasteiger partial charge in [-0.25, -0.2) is 0 Å². The minimum absolute atomic E-state index is 0.237. The molecule has 2 saturated heterocycles. The number of rotatable bonds is 5. The first-order valence-electron chi connectivity index (χ1n) is 6.46. The summed E-state index contributed by atoms with van der Waals surface area (Å²) in [5.41, 5.74) is 0. The molecule has 2 aliphatic rings. The lowest BCUT2D eigenvalue weighted by atomic mass is 10.1. The van der Waals surface area contributed by atoms with Crippen molar-refractivity contribution in [2.45, 2.75) is 49.8 Å². The van der Waals surface area contributed by atoms with E-state index in [0.29, 0.717) is 17.7 Å². The van der Waals surface area contributed by atoms with Crippen molar-refractivity contribution in [2.24, 2.45) is 0 Å². The Morgan fingerprint density at radius 2 is 2.31 bits per heavy atom. The number of hydrogen-bond donors (Lipinski definition) is 2. The highest BCUT2D eigenvalue weighted by atomic mass is 32.2. The number of hydrogen-bond acceptors (Lipinski definition) is 3. The van der Waals surface area contributed by atoms with Crippen LogP contribution < -0.4 is 10.6 Å². The van der Waals surface area contributed by atoms with E-state index in [0.717, 1.165) is 19.5 Å². The molecule has 0 aliphatic carbocycles. The second-order valence-corrected chi connectivity index (χ2v) is 6.18. The van der Waals surface area contributed by atoms with Gasteiger partial charge in [0.25, 0.3) is 0 Å². The molecule has 2 heterocycles. The number of amides is 1. The number of thioether (sulfide) groups is 1. The van der Waals surface area contributed by atoms with E-state index >= 15 is 0 Å². The first kappa shape index (κ1) is 12.2. The Balaban J connectivity index is 1.53. The van der Waals surface area contributed by atoms with Gasteiger partial charge in [0.15, 0.2) is 0 Å². The minimum Gasteiger partial charge on any atom is -0.355 e. The molecule has 2 N–H and O–H groups in total. The molecule has 0 saturated carbocycles. The van der Waals surface area contributed by atoms with Crippen LogP contribution in [0.5, 0.6) is 0 Å². The molecular weight excluding hydrogens is 220 g/mol. The molecule has 0 aromatic carbocycles. The molecule has 1 amide bonds. The molecule has 3 nitrogen and oxygen atoms in total. The molecule has 16 heavy (non-hydrogen) atoms. The maximum Gasteiger partial charge on any atom is 0.220 e. The summed E-state index contributed by atoms with van der Waals surface area (Å²) in [5.74, 6) is 1.51. The second kappa shape index (κ2) is 6.50. The Bertz CT molecular complexity index is 201. The second-order valence-electron chi connectivity index (χ2n) is 4.77. The van der Waals surface area contributed by atoms with Gasteiger partial charge in [0, 0.05) is 24.3 Å². The summed E-state index contributed by atoms with van der Waals surface area (Å²) in [6.07, 6.45) is 6.79. The van der Waals surface area contributed by atoms with Crippen molar-refractivity contribution in [3.8, 4) is 0 Å². The first-order valence-corrected chi connectivity index (χ1v) is 7.51. The summed E-state index contributed by atoms with van der Waals surface area (Å²) in [7, 11) is 0. The third kappa shape index (κ3) is 3.98. The largest absolute Gasteiger partial charge is 0.355 e. The molecule has 2 fully saturated rings. The molecule has 2 aliphatic heterocycles. The highest BCUT2D eigenvalue weighted by Gasteiger charge is 2.18. The maximum atomic E-state index is 11.6. The minimum atomic E-state index is 0.237. The third-order valence-electron chi connectivity index (χ3n) is 3.43. The van der Waals surface area contributed by atoms with Gasteiger partial charge in [0.1, 0.15) is 0 Å². The lowest BCUT2D eigenvalue weighted by Gasteiger charge is -2.12. The highest BCUT2D eigenvalue weighted by Crippen LogP contribution is 2.25. The van der Waals surface area contributed by atoms with E-state index < -0.39 is 0 Å². The lowest BCUT2D eigenvalue weighted by molar-refractivity contribution is -0.121. The lowest BCUT2D eigenvalue weighted by Crippen LogP contribution is -2.31. The number of carbonyl (C=O) groups excluding carboxylic acids is 1. The van der Waals surface area contributed by atoms with E-state index in [9.17, 15) is 4.79 Å². The van der Waals surface area contributed by atoms with Crippen LogP contribution in [-0.4, -0.2) is 36.0 Å². The van der Waals surface area contributed by atoms with Crippen LogP contribution in [0.4, 0.5) is 0 Å². The van der Waals surface area contributed by atoms with Gasteiger partial charge < -0.3 is 10.6 Å². The van der Waals surface area contributed by atoms with Crippen molar-refractivity contribution in [1.29, 1.82) is 0 Å². The van der Waals surface area contributed by atoms with E-state index in [1.807, 2.05) is 11.8 Å². The molecule has 2 unspecified atom stereocenters. The average Bonchev–Trinajstić information content (AvgIpc) is 2.96. The van der Waals surface area contributed by atoms with Crippen LogP contribution in [0.15, 0.2) is 0 Å². The maximum absolute atomic E-state index is 11.6. The first-order chi connectivity index (χ1) is 7.84. The van der Waals surface area contributed by atoms with Crippen molar-refractivity contribution in [2.75, 3.05) is 18.8 Å². The Morgan fingerprint density at radius 1 is 1.38 bits per heavy atom. The fraction of sp³-hybridized carbons (Fsp3) is 0.917. The van der Waals surface area contributed by atoms with Gasteiger partial charge in [0.2, 0.25) is 5.91 Å². The number of nitrogens with one attached hydrogen (secondary N) is 2. The molecule has 0 aromatic rings. The van der Waals surface area contributed by atoms with E-state index in [-0.39, 0.29) is 5.91 Å².